The number of hydrogen-bond acceptors (Lipinski definition) is 7. The highest BCUT2D eigenvalue weighted by Crippen LogP contribution is 2.39. The zero-order valence-corrected chi connectivity index (χ0v) is 17.6. The van der Waals surface area contributed by atoms with E-state index in [1.54, 1.807) is 11.6 Å². The lowest BCUT2D eigenvalue weighted by Crippen LogP contribution is -2.36. The van der Waals surface area contributed by atoms with E-state index in [9.17, 15) is 9.90 Å². The summed E-state index contributed by atoms with van der Waals surface area (Å²) >= 11 is 7.46. The van der Waals surface area contributed by atoms with Gasteiger partial charge in [-0.25, -0.2) is 0 Å². The van der Waals surface area contributed by atoms with Crippen LogP contribution in [0.4, 0.5) is 11.4 Å². The highest BCUT2D eigenvalue weighted by Gasteiger charge is 2.27. The van der Waals surface area contributed by atoms with Crippen LogP contribution < -0.4 is 15.0 Å². The molecule has 0 bridgehead atoms. The van der Waals surface area contributed by atoms with E-state index in [0.29, 0.717) is 35.7 Å². The van der Waals surface area contributed by atoms with Crippen LogP contribution in [0.25, 0.3) is 10.2 Å². The predicted molar refractivity (Wildman–Crippen MR) is 117 cm³/mol. The lowest BCUT2D eigenvalue weighted by atomic mass is 10.1. The molecule has 1 unspecified atom stereocenters. The minimum Gasteiger partial charge on any atom is -0.487 e. The Hall–Kier alpha value is -2.39. The number of benzene rings is 1. The van der Waals surface area contributed by atoms with E-state index in [1.807, 2.05) is 18.2 Å². The molecule has 0 radical (unpaired) electrons. The maximum absolute atomic E-state index is 13.1. The van der Waals surface area contributed by atoms with Crippen molar-refractivity contribution in [2.24, 2.45) is 0 Å². The van der Waals surface area contributed by atoms with Gasteiger partial charge in [0.15, 0.2) is 0 Å². The standard InChI is InChI=1S/C21H20ClN3O4S/c22-13-7-19-20(23-9-13)15(11-30-19)21(27)24-16-6-12-5-14(10-26)29-18(12)8-17(16)25-1-3-28-4-2-25/h6-9,11,14,26H,1-5,10H2,(H,24,27). The van der Waals surface area contributed by atoms with Crippen molar-refractivity contribution in [2.75, 3.05) is 43.1 Å². The van der Waals surface area contributed by atoms with E-state index < -0.39 is 0 Å². The molecule has 5 rings (SSSR count). The summed E-state index contributed by atoms with van der Waals surface area (Å²) in [5, 5.41) is 14.9. The van der Waals surface area contributed by atoms with Crippen LogP contribution in [0.3, 0.4) is 0 Å². The molecule has 1 saturated heterocycles. The second kappa shape index (κ2) is 8.03. The molecule has 0 spiro atoms. The van der Waals surface area contributed by atoms with Gasteiger partial charge in [-0.3, -0.25) is 9.78 Å². The Labute approximate surface area is 182 Å². The van der Waals surface area contributed by atoms with Crippen molar-refractivity contribution in [3.8, 4) is 5.75 Å². The number of amides is 1. The smallest absolute Gasteiger partial charge is 0.258 e. The fraction of sp³-hybridized carbons (Fsp3) is 0.333. The molecule has 3 aromatic rings. The number of aliphatic hydroxyl groups excluding tert-OH is 1. The van der Waals surface area contributed by atoms with Gasteiger partial charge in [-0.2, -0.15) is 0 Å². The van der Waals surface area contributed by atoms with E-state index in [1.165, 1.54) is 11.3 Å². The van der Waals surface area contributed by atoms with Crippen molar-refractivity contribution in [1.29, 1.82) is 0 Å². The number of hydrogen-bond donors (Lipinski definition) is 2. The Morgan fingerprint density at radius 2 is 2.17 bits per heavy atom. The van der Waals surface area contributed by atoms with Gasteiger partial charge in [-0.05, 0) is 12.1 Å². The van der Waals surface area contributed by atoms with Gasteiger partial charge < -0.3 is 24.8 Å². The normalized spacial score (nSPS) is 18.3. The van der Waals surface area contributed by atoms with Gasteiger partial charge in [0.25, 0.3) is 5.91 Å². The summed E-state index contributed by atoms with van der Waals surface area (Å²) in [6.45, 7) is 2.67. The Balaban J connectivity index is 1.50. The molecule has 0 saturated carbocycles. The summed E-state index contributed by atoms with van der Waals surface area (Å²) in [5.41, 5.74) is 3.74. The average Bonchev–Trinajstić information content (AvgIpc) is 3.36. The molecule has 2 aliphatic heterocycles. The summed E-state index contributed by atoms with van der Waals surface area (Å²) in [7, 11) is 0. The number of aliphatic hydroxyl groups is 1. The summed E-state index contributed by atoms with van der Waals surface area (Å²) < 4.78 is 12.2. The highest BCUT2D eigenvalue weighted by atomic mass is 35.5. The molecule has 7 nitrogen and oxygen atoms in total. The highest BCUT2D eigenvalue weighted by molar-refractivity contribution is 7.17. The maximum atomic E-state index is 13.1. The molecule has 1 amide bonds. The molecule has 156 valence electrons. The average molecular weight is 446 g/mol. The van der Waals surface area contributed by atoms with Crippen LogP contribution in [0.1, 0.15) is 15.9 Å². The number of halogens is 1. The van der Waals surface area contributed by atoms with Gasteiger partial charge in [-0.1, -0.05) is 11.6 Å². The number of carbonyl (C=O) groups excluding carboxylic acids is 1. The van der Waals surface area contributed by atoms with Gasteiger partial charge in [0, 0.05) is 42.7 Å². The molecule has 0 aliphatic carbocycles. The van der Waals surface area contributed by atoms with Crippen molar-refractivity contribution in [2.45, 2.75) is 12.5 Å². The quantitative estimate of drug-likeness (QED) is 0.640. The molecule has 1 atom stereocenters. The summed E-state index contributed by atoms with van der Waals surface area (Å²) in [6, 6.07) is 5.72. The number of ether oxygens (including phenoxy) is 2. The molecule has 30 heavy (non-hydrogen) atoms. The monoisotopic (exact) mass is 445 g/mol. The molecule has 2 aromatic heterocycles. The largest absolute Gasteiger partial charge is 0.487 e. The SMILES string of the molecule is O=C(Nc1cc2c(cc1N1CCOCC1)OC(CO)C2)c1csc2cc(Cl)cnc12. The van der Waals surface area contributed by atoms with Gasteiger partial charge in [0.05, 0.1) is 52.0 Å². The third-order valence-electron chi connectivity index (χ3n) is 5.35. The van der Waals surface area contributed by atoms with Crippen LogP contribution in [0.5, 0.6) is 5.75 Å². The molecular formula is C21H20ClN3O4S. The fourth-order valence-corrected chi connectivity index (χ4v) is 5.01. The first-order valence-electron chi connectivity index (χ1n) is 9.73. The zero-order valence-electron chi connectivity index (χ0n) is 16.1. The van der Waals surface area contributed by atoms with E-state index in [-0.39, 0.29) is 18.6 Å². The molecule has 1 aromatic carbocycles. The molecule has 1 fully saturated rings. The number of nitrogens with one attached hydrogen (secondary N) is 1. The van der Waals surface area contributed by atoms with Crippen LogP contribution in [0, 0.1) is 0 Å². The van der Waals surface area contributed by atoms with Crippen LogP contribution in [0.15, 0.2) is 29.8 Å². The fourth-order valence-electron chi connectivity index (χ4n) is 3.86. The Kier molecular flexibility index (Phi) is 5.24. The number of fused-ring (bicyclic) bond motifs is 2. The van der Waals surface area contributed by atoms with Crippen molar-refractivity contribution >= 4 is 50.4 Å². The Bertz CT molecular complexity index is 1110. The predicted octanol–water partition coefficient (Wildman–Crippen LogP) is 3.33. The number of rotatable bonds is 4. The van der Waals surface area contributed by atoms with Crippen LogP contribution in [-0.2, 0) is 11.2 Å². The van der Waals surface area contributed by atoms with Crippen LogP contribution in [0.2, 0.25) is 5.02 Å². The summed E-state index contributed by atoms with van der Waals surface area (Å²) in [6.07, 6.45) is 1.91. The number of anilines is 2. The lowest BCUT2D eigenvalue weighted by molar-refractivity contribution is 0.102. The van der Waals surface area contributed by atoms with E-state index in [2.05, 4.69) is 15.2 Å². The minimum atomic E-state index is -0.252. The Morgan fingerprint density at radius 1 is 1.33 bits per heavy atom. The van der Waals surface area contributed by atoms with Crippen molar-refractivity contribution in [3.63, 3.8) is 0 Å². The van der Waals surface area contributed by atoms with Crippen LogP contribution >= 0.6 is 22.9 Å². The second-order valence-corrected chi connectivity index (χ2v) is 8.65. The van der Waals surface area contributed by atoms with E-state index in [4.69, 9.17) is 21.1 Å². The molecule has 2 aliphatic rings. The zero-order chi connectivity index (χ0) is 20.7. The lowest BCUT2D eigenvalue weighted by Gasteiger charge is -2.31. The molecule has 9 heteroatoms. The van der Waals surface area contributed by atoms with E-state index >= 15 is 0 Å². The first kappa shape index (κ1) is 19.6. The second-order valence-electron chi connectivity index (χ2n) is 7.31. The first-order chi connectivity index (χ1) is 14.6. The number of carbonyl (C=O) groups is 1. The third-order valence-corrected chi connectivity index (χ3v) is 6.47. The Morgan fingerprint density at radius 3 is 2.97 bits per heavy atom. The van der Waals surface area contributed by atoms with Crippen LogP contribution in [-0.4, -0.2) is 55.0 Å². The number of nitrogens with zero attached hydrogens (tertiary/aromatic N) is 2. The van der Waals surface area contributed by atoms with Gasteiger partial charge in [0.2, 0.25) is 0 Å². The number of aromatic nitrogens is 1. The minimum absolute atomic E-state index is 0.0433. The van der Waals surface area contributed by atoms with Crippen molar-refractivity contribution in [1.82, 2.24) is 4.98 Å². The topological polar surface area (TPSA) is 83.9 Å². The van der Waals surface area contributed by atoms with Crippen molar-refractivity contribution < 1.29 is 19.4 Å². The number of thiophene rings is 1. The van der Waals surface area contributed by atoms with Crippen molar-refractivity contribution in [3.05, 3.63) is 45.9 Å². The maximum Gasteiger partial charge on any atom is 0.258 e. The van der Waals surface area contributed by atoms with Gasteiger partial charge in [-0.15, -0.1) is 11.3 Å². The number of pyridine rings is 1. The van der Waals surface area contributed by atoms with Gasteiger partial charge in [0.1, 0.15) is 11.9 Å². The molecular weight excluding hydrogens is 426 g/mol. The molecule has 2 N–H and O–H groups in total. The summed E-state index contributed by atoms with van der Waals surface area (Å²) in [5.74, 6) is 0.536. The van der Waals surface area contributed by atoms with Gasteiger partial charge >= 0.3 is 0 Å². The first-order valence-corrected chi connectivity index (χ1v) is 11.0. The van der Waals surface area contributed by atoms with E-state index in [0.717, 1.165) is 40.5 Å². The molecule has 4 heterocycles. The number of morpholine rings is 1. The summed E-state index contributed by atoms with van der Waals surface area (Å²) in [4.78, 5) is 19.7. The third kappa shape index (κ3) is 3.60.